The van der Waals surface area contributed by atoms with Crippen LogP contribution in [-0.2, 0) is 4.79 Å². The van der Waals surface area contributed by atoms with Gasteiger partial charge in [0.25, 0.3) is 11.8 Å². The first-order valence-corrected chi connectivity index (χ1v) is 9.52. The first-order chi connectivity index (χ1) is 13.1. The zero-order chi connectivity index (χ0) is 18.8. The monoisotopic (exact) mass is 364 g/mol. The van der Waals surface area contributed by atoms with Crippen molar-refractivity contribution >= 4 is 17.9 Å². The van der Waals surface area contributed by atoms with Crippen molar-refractivity contribution in [2.75, 3.05) is 0 Å². The van der Waals surface area contributed by atoms with Crippen LogP contribution in [0.15, 0.2) is 52.8 Å². The molecule has 2 fully saturated rings. The fourth-order valence-corrected chi connectivity index (χ4v) is 4.32. The highest BCUT2D eigenvalue weighted by Gasteiger charge is 2.40. The molecule has 140 valence electrons. The van der Waals surface area contributed by atoms with Crippen LogP contribution < -0.4 is 10.6 Å². The Balaban J connectivity index is 1.52. The Morgan fingerprint density at radius 3 is 2.70 bits per heavy atom. The van der Waals surface area contributed by atoms with Crippen LogP contribution in [0.4, 0.5) is 0 Å². The molecule has 0 saturated heterocycles. The van der Waals surface area contributed by atoms with Crippen LogP contribution in [-0.4, -0.2) is 17.9 Å². The molecule has 2 aliphatic carbocycles. The molecule has 0 spiro atoms. The highest BCUT2D eigenvalue weighted by atomic mass is 16.3. The highest BCUT2D eigenvalue weighted by molar-refractivity contribution is 6.05. The second kappa shape index (κ2) is 7.43. The largest absolute Gasteiger partial charge is 0.465 e. The maximum Gasteiger partial charge on any atom is 0.268 e. The van der Waals surface area contributed by atoms with Gasteiger partial charge in [0, 0.05) is 17.7 Å². The summed E-state index contributed by atoms with van der Waals surface area (Å²) in [5.74, 6) is 1.26. The molecule has 2 saturated carbocycles. The van der Waals surface area contributed by atoms with Gasteiger partial charge < -0.3 is 15.1 Å². The Hall–Kier alpha value is -2.82. The number of rotatable bonds is 5. The second-order valence-corrected chi connectivity index (χ2v) is 7.65. The number of nitrogens with one attached hydrogen (secondary N) is 2. The van der Waals surface area contributed by atoms with Crippen molar-refractivity contribution in [1.82, 2.24) is 10.6 Å². The number of hydrogen-bond acceptors (Lipinski definition) is 3. The summed E-state index contributed by atoms with van der Waals surface area (Å²) in [5, 5.41) is 5.89. The van der Waals surface area contributed by atoms with Gasteiger partial charge in [0.05, 0.1) is 6.26 Å². The maximum atomic E-state index is 12.9. The van der Waals surface area contributed by atoms with Crippen LogP contribution in [0.3, 0.4) is 0 Å². The number of amides is 2. The van der Waals surface area contributed by atoms with Crippen LogP contribution in [0, 0.1) is 18.8 Å². The van der Waals surface area contributed by atoms with Gasteiger partial charge in [-0.05, 0) is 62.3 Å². The summed E-state index contributed by atoms with van der Waals surface area (Å²) in [5.41, 5.74) is 1.72. The number of hydrogen-bond donors (Lipinski definition) is 2. The molecule has 3 atom stereocenters. The van der Waals surface area contributed by atoms with E-state index in [1.165, 1.54) is 19.3 Å². The van der Waals surface area contributed by atoms with Crippen molar-refractivity contribution in [2.45, 2.75) is 38.6 Å². The molecule has 1 heterocycles. The summed E-state index contributed by atoms with van der Waals surface area (Å²) >= 11 is 0. The van der Waals surface area contributed by atoms with Crippen molar-refractivity contribution in [3.63, 3.8) is 0 Å². The number of aryl methyl sites for hydroxylation is 1. The number of fused-ring (bicyclic) bond motifs is 2. The molecule has 1 aromatic carbocycles. The maximum absolute atomic E-state index is 12.9. The predicted molar refractivity (Wildman–Crippen MR) is 103 cm³/mol. The molecule has 2 aromatic rings. The van der Waals surface area contributed by atoms with Crippen LogP contribution in [0.25, 0.3) is 6.08 Å². The Labute approximate surface area is 158 Å². The molecule has 2 amide bonds. The van der Waals surface area contributed by atoms with E-state index in [9.17, 15) is 9.59 Å². The molecule has 2 N–H and O–H groups in total. The van der Waals surface area contributed by atoms with Gasteiger partial charge in [0.2, 0.25) is 0 Å². The van der Waals surface area contributed by atoms with Gasteiger partial charge in [0.15, 0.2) is 0 Å². The zero-order valence-electron chi connectivity index (χ0n) is 15.4. The van der Waals surface area contributed by atoms with Gasteiger partial charge in [0.1, 0.15) is 11.5 Å². The number of benzene rings is 1. The van der Waals surface area contributed by atoms with Crippen molar-refractivity contribution in [1.29, 1.82) is 0 Å². The van der Waals surface area contributed by atoms with E-state index < -0.39 is 0 Å². The fraction of sp³-hybridized carbons (Fsp3) is 0.364. The van der Waals surface area contributed by atoms with Crippen LogP contribution in [0.2, 0.25) is 0 Å². The van der Waals surface area contributed by atoms with Gasteiger partial charge in [-0.25, -0.2) is 0 Å². The molecule has 4 rings (SSSR count). The molecule has 0 aliphatic heterocycles. The third-order valence-corrected chi connectivity index (χ3v) is 5.66. The van der Waals surface area contributed by atoms with Gasteiger partial charge in [-0.15, -0.1) is 0 Å². The lowest BCUT2D eigenvalue weighted by Gasteiger charge is -2.23. The molecule has 0 radical (unpaired) electrons. The average molecular weight is 364 g/mol. The molecule has 2 bridgehead atoms. The van der Waals surface area contributed by atoms with Gasteiger partial charge in [-0.1, -0.05) is 24.1 Å². The Morgan fingerprint density at radius 2 is 2.04 bits per heavy atom. The molecule has 5 nitrogen and oxygen atoms in total. The van der Waals surface area contributed by atoms with Gasteiger partial charge in [-0.2, -0.15) is 0 Å². The third kappa shape index (κ3) is 3.97. The predicted octanol–water partition coefficient (Wildman–Crippen LogP) is 3.66. The normalized spacial score (nSPS) is 24.0. The summed E-state index contributed by atoms with van der Waals surface area (Å²) in [6.07, 6.45) is 7.82. The van der Waals surface area contributed by atoms with E-state index in [4.69, 9.17) is 4.42 Å². The SMILES string of the molecule is Cc1cccc(C(=O)N/C(=C\c2ccco2)C(=O)N[C@@H]2C[C@@H]3CC[C@@H]2C3)c1. The Bertz CT molecular complexity index is 869. The first kappa shape index (κ1) is 17.6. The lowest BCUT2D eigenvalue weighted by atomic mass is 9.95. The number of carbonyl (C=O) groups is 2. The summed E-state index contributed by atoms with van der Waals surface area (Å²) in [6, 6.07) is 11.0. The Kier molecular flexibility index (Phi) is 4.84. The van der Waals surface area contributed by atoms with E-state index in [2.05, 4.69) is 10.6 Å². The van der Waals surface area contributed by atoms with Crippen LogP contribution in [0.1, 0.15) is 47.4 Å². The summed E-state index contributed by atoms with van der Waals surface area (Å²) in [7, 11) is 0. The molecular formula is C22H24N2O3. The van der Waals surface area contributed by atoms with Gasteiger partial charge in [-0.3, -0.25) is 9.59 Å². The van der Waals surface area contributed by atoms with E-state index >= 15 is 0 Å². The summed E-state index contributed by atoms with van der Waals surface area (Å²) < 4.78 is 5.33. The number of carbonyl (C=O) groups excluding carboxylic acids is 2. The zero-order valence-corrected chi connectivity index (χ0v) is 15.4. The highest BCUT2D eigenvalue weighted by Crippen LogP contribution is 2.44. The van der Waals surface area contributed by atoms with Crippen LogP contribution in [0.5, 0.6) is 0 Å². The summed E-state index contributed by atoms with van der Waals surface area (Å²) in [6.45, 7) is 1.93. The fourth-order valence-electron chi connectivity index (χ4n) is 4.32. The van der Waals surface area contributed by atoms with E-state index in [0.717, 1.165) is 17.9 Å². The molecule has 0 unspecified atom stereocenters. The molecule has 5 heteroatoms. The third-order valence-electron chi connectivity index (χ3n) is 5.66. The Morgan fingerprint density at radius 1 is 1.15 bits per heavy atom. The van der Waals surface area contributed by atoms with E-state index in [1.54, 1.807) is 36.6 Å². The minimum Gasteiger partial charge on any atom is -0.465 e. The van der Waals surface area contributed by atoms with E-state index in [-0.39, 0.29) is 23.6 Å². The molecule has 2 aliphatic rings. The van der Waals surface area contributed by atoms with Crippen molar-refractivity contribution in [3.8, 4) is 0 Å². The smallest absolute Gasteiger partial charge is 0.268 e. The molecular weight excluding hydrogens is 340 g/mol. The lowest BCUT2D eigenvalue weighted by molar-refractivity contribution is -0.118. The van der Waals surface area contributed by atoms with E-state index in [0.29, 0.717) is 17.2 Å². The standard InChI is InChI=1S/C22H24N2O3/c1-14-4-2-5-17(10-14)21(25)24-20(13-18-6-3-9-27-18)22(26)23-19-12-15-7-8-16(19)11-15/h2-6,9-10,13,15-16,19H,7-8,11-12H2,1H3,(H,23,26)(H,24,25)/b20-13-/t15-,16-,19-/m1/s1. The average Bonchev–Trinajstić information content (AvgIpc) is 3.39. The van der Waals surface area contributed by atoms with E-state index in [1.807, 2.05) is 19.1 Å². The molecule has 27 heavy (non-hydrogen) atoms. The summed E-state index contributed by atoms with van der Waals surface area (Å²) in [4.78, 5) is 25.5. The van der Waals surface area contributed by atoms with Gasteiger partial charge >= 0.3 is 0 Å². The minimum absolute atomic E-state index is 0.201. The number of furan rings is 1. The minimum atomic E-state index is -0.306. The second-order valence-electron chi connectivity index (χ2n) is 7.65. The lowest BCUT2D eigenvalue weighted by Crippen LogP contribution is -2.42. The topological polar surface area (TPSA) is 71.3 Å². The molecule has 1 aromatic heterocycles. The quantitative estimate of drug-likeness (QED) is 0.796. The first-order valence-electron chi connectivity index (χ1n) is 9.52. The van der Waals surface area contributed by atoms with Crippen molar-refractivity contribution in [2.24, 2.45) is 11.8 Å². The van der Waals surface area contributed by atoms with Crippen LogP contribution >= 0.6 is 0 Å². The van der Waals surface area contributed by atoms with Crippen molar-refractivity contribution in [3.05, 3.63) is 65.2 Å². The van der Waals surface area contributed by atoms with Crippen molar-refractivity contribution < 1.29 is 14.0 Å².